The van der Waals surface area contributed by atoms with Gasteiger partial charge in [-0.15, -0.1) is 0 Å². The van der Waals surface area contributed by atoms with Gasteiger partial charge in [0, 0.05) is 29.2 Å². The fourth-order valence-electron chi connectivity index (χ4n) is 3.13. The van der Waals surface area contributed by atoms with Gasteiger partial charge in [-0.1, -0.05) is 23.7 Å². The molecule has 0 radical (unpaired) electrons. The fraction of sp³-hybridized carbons (Fsp3) is 0.238. The predicted molar refractivity (Wildman–Crippen MR) is 112 cm³/mol. The van der Waals surface area contributed by atoms with Gasteiger partial charge in [-0.2, -0.15) is 13.2 Å². The molecule has 164 valence electrons. The third kappa shape index (κ3) is 5.65. The number of halogens is 6. The van der Waals surface area contributed by atoms with E-state index < -0.39 is 23.5 Å². The van der Waals surface area contributed by atoms with Crippen molar-refractivity contribution >= 4 is 45.4 Å². The fourth-order valence-corrected chi connectivity index (χ4v) is 3.78. The summed E-state index contributed by atoms with van der Waals surface area (Å²) in [5, 5.41) is 3.02. The van der Waals surface area contributed by atoms with Gasteiger partial charge in [0.2, 0.25) is 11.8 Å². The summed E-state index contributed by atoms with van der Waals surface area (Å²) in [4.78, 5) is 25.9. The number of nitrogens with one attached hydrogen (secondary N) is 1. The first-order valence-electron chi connectivity index (χ1n) is 9.12. The smallest absolute Gasteiger partial charge is 0.343 e. The Kier molecular flexibility index (Phi) is 7.06. The Morgan fingerprint density at radius 3 is 2.65 bits per heavy atom. The number of carbonyl (C=O) groups is 2. The average molecular weight is 520 g/mol. The molecule has 31 heavy (non-hydrogen) atoms. The van der Waals surface area contributed by atoms with E-state index >= 15 is 0 Å². The topological polar surface area (TPSA) is 49.4 Å². The van der Waals surface area contributed by atoms with Crippen LogP contribution in [0.2, 0.25) is 5.02 Å². The van der Waals surface area contributed by atoms with E-state index in [4.69, 9.17) is 11.6 Å². The minimum atomic E-state index is -4.66. The highest BCUT2D eigenvalue weighted by Gasteiger charge is 2.31. The molecule has 1 aliphatic heterocycles. The van der Waals surface area contributed by atoms with Crippen LogP contribution in [0.15, 0.2) is 40.9 Å². The van der Waals surface area contributed by atoms with Crippen molar-refractivity contribution in [3.63, 3.8) is 0 Å². The van der Waals surface area contributed by atoms with E-state index in [9.17, 15) is 27.2 Å². The molecule has 0 aromatic heterocycles. The van der Waals surface area contributed by atoms with E-state index in [1.165, 1.54) is 0 Å². The number of hydrogen-bond acceptors (Lipinski definition) is 2. The van der Waals surface area contributed by atoms with Crippen LogP contribution in [-0.2, 0) is 28.7 Å². The molecule has 0 atom stereocenters. The van der Waals surface area contributed by atoms with Crippen LogP contribution in [0.25, 0.3) is 6.08 Å². The standard InChI is InChI=1S/C21H16BrClF4N2O2/c22-16-5-2-13-11-29(8-7-15(13)20(16)23)19(31)10-28-18(30)6-3-12-1-4-14(9-17(12)24)21(25,26)27/h1-6,9H,7-8,10-11H2,(H,28,30)/b6-3+. The molecule has 0 spiro atoms. The van der Waals surface area contributed by atoms with Gasteiger partial charge in [-0.05, 0) is 57.8 Å². The number of amides is 2. The molecule has 2 amide bonds. The number of carbonyl (C=O) groups excluding carboxylic acids is 2. The highest BCUT2D eigenvalue weighted by atomic mass is 79.9. The van der Waals surface area contributed by atoms with E-state index in [1.54, 1.807) is 4.90 Å². The van der Waals surface area contributed by atoms with Crippen LogP contribution in [0, 0.1) is 5.82 Å². The zero-order valence-corrected chi connectivity index (χ0v) is 18.2. The third-order valence-corrected chi connectivity index (χ3v) is 6.12. The van der Waals surface area contributed by atoms with Gasteiger partial charge in [-0.25, -0.2) is 4.39 Å². The summed E-state index contributed by atoms with van der Waals surface area (Å²) < 4.78 is 52.3. The molecule has 2 aromatic rings. The van der Waals surface area contributed by atoms with Crippen LogP contribution in [0.5, 0.6) is 0 Å². The van der Waals surface area contributed by atoms with Crippen molar-refractivity contribution in [3.8, 4) is 0 Å². The molecule has 4 nitrogen and oxygen atoms in total. The summed E-state index contributed by atoms with van der Waals surface area (Å²) in [5.41, 5.74) is 0.613. The molecule has 0 aliphatic carbocycles. The lowest BCUT2D eigenvalue weighted by atomic mass is 10.00. The average Bonchev–Trinajstić information content (AvgIpc) is 2.72. The van der Waals surface area contributed by atoms with Crippen LogP contribution in [0.3, 0.4) is 0 Å². The second-order valence-electron chi connectivity index (χ2n) is 6.85. The summed E-state index contributed by atoms with van der Waals surface area (Å²) >= 11 is 9.64. The maximum atomic E-state index is 13.8. The Bertz CT molecular complexity index is 1060. The van der Waals surface area contributed by atoms with Gasteiger partial charge in [0.25, 0.3) is 0 Å². The Hall–Kier alpha value is -2.39. The molecule has 0 bridgehead atoms. The first-order valence-corrected chi connectivity index (χ1v) is 10.3. The number of rotatable bonds is 4. The van der Waals surface area contributed by atoms with Crippen LogP contribution < -0.4 is 5.32 Å². The van der Waals surface area contributed by atoms with Crippen molar-refractivity contribution in [1.82, 2.24) is 10.2 Å². The molecular weight excluding hydrogens is 504 g/mol. The van der Waals surface area contributed by atoms with E-state index in [0.29, 0.717) is 30.6 Å². The Morgan fingerprint density at radius 2 is 1.97 bits per heavy atom. The first-order chi connectivity index (χ1) is 14.6. The van der Waals surface area contributed by atoms with Gasteiger partial charge < -0.3 is 10.2 Å². The van der Waals surface area contributed by atoms with Gasteiger partial charge in [0.15, 0.2) is 0 Å². The Balaban J connectivity index is 1.55. The largest absolute Gasteiger partial charge is 0.416 e. The van der Waals surface area contributed by atoms with E-state index in [2.05, 4.69) is 21.2 Å². The number of benzene rings is 2. The Labute approximate surface area is 189 Å². The van der Waals surface area contributed by atoms with Crippen molar-refractivity contribution in [2.45, 2.75) is 19.1 Å². The van der Waals surface area contributed by atoms with Crippen molar-refractivity contribution < 1.29 is 27.2 Å². The molecule has 2 aromatic carbocycles. The number of hydrogen-bond donors (Lipinski definition) is 1. The molecule has 0 saturated carbocycles. The minimum Gasteiger partial charge on any atom is -0.343 e. The lowest BCUT2D eigenvalue weighted by molar-refractivity contribution is -0.137. The number of nitrogens with zero attached hydrogens (tertiary/aromatic N) is 1. The molecule has 0 fully saturated rings. The second kappa shape index (κ2) is 9.40. The number of alkyl halides is 3. The molecule has 10 heteroatoms. The van der Waals surface area contributed by atoms with E-state index in [-0.39, 0.29) is 18.0 Å². The molecule has 1 aliphatic rings. The van der Waals surface area contributed by atoms with Crippen LogP contribution in [-0.4, -0.2) is 29.8 Å². The van der Waals surface area contributed by atoms with Crippen LogP contribution >= 0.6 is 27.5 Å². The summed E-state index contributed by atoms with van der Waals surface area (Å²) in [6.45, 7) is 0.548. The molecular formula is C21H16BrClF4N2O2. The highest BCUT2D eigenvalue weighted by Crippen LogP contribution is 2.32. The quantitative estimate of drug-likeness (QED) is 0.458. The van der Waals surface area contributed by atoms with Crippen molar-refractivity contribution in [1.29, 1.82) is 0 Å². The second-order valence-corrected chi connectivity index (χ2v) is 8.08. The first kappa shape index (κ1) is 23.3. The lowest BCUT2D eigenvalue weighted by Gasteiger charge is -2.29. The summed E-state index contributed by atoms with van der Waals surface area (Å²) in [7, 11) is 0. The normalized spacial score (nSPS) is 13.9. The number of fused-ring (bicyclic) bond motifs is 1. The SMILES string of the molecule is O=C(/C=C/c1ccc(C(F)(F)F)cc1F)NCC(=O)N1CCc2c(ccc(Br)c2Cl)C1. The highest BCUT2D eigenvalue weighted by molar-refractivity contribution is 9.10. The molecule has 3 rings (SSSR count). The molecule has 1 heterocycles. The Morgan fingerprint density at radius 1 is 1.23 bits per heavy atom. The van der Waals surface area contributed by atoms with E-state index in [1.807, 2.05) is 12.1 Å². The van der Waals surface area contributed by atoms with E-state index in [0.717, 1.165) is 39.9 Å². The van der Waals surface area contributed by atoms with Gasteiger partial charge >= 0.3 is 6.18 Å². The summed E-state index contributed by atoms with van der Waals surface area (Å²) in [6.07, 6.45) is -2.06. The summed E-state index contributed by atoms with van der Waals surface area (Å²) in [5.74, 6) is -2.07. The van der Waals surface area contributed by atoms with Crippen LogP contribution in [0.4, 0.5) is 17.6 Å². The molecule has 1 N–H and O–H groups in total. The van der Waals surface area contributed by atoms with Crippen LogP contribution in [0.1, 0.15) is 22.3 Å². The maximum absolute atomic E-state index is 13.8. The molecule has 0 saturated heterocycles. The monoisotopic (exact) mass is 518 g/mol. The minimum absolute atomic E-state index is 0.176. The maximum Gasteiger partial charge on any atom is 0.416 e. The van der Waals surface area contributed by atoms with Crippen molar-refractivity contribution in [3.05, 3.63) is 74.0 Å². The predicted octanol–water partition coefficient (Wildman–Crippen LogP) is 4.97. The zero-order valence-electron chi connectivity index (χ0n) is 15.9. The van der Waals surface area contributed by atoms with Crippen molar-refractivity contribution in [2.24, 2.45) is 0 Å². The lowest BCUT2D eigenvalue weighted by Crippen LogP contribution is -2.42. The summed E-state index contributed by atoms with van der Waals surface area (Å²) in [6, 6.07) is 5.71. The molecule has 0 unspecified atom stereocenters. The van der Waals surface area contributed by atoms with Gasteiger partial charge in [0.05, 0.1) is 17.1 Å². The zero-order chi connectivity index (χ0) is 22.8. The third-order valence-electron chi connectivity index (χ3n) is 4.79. The van der Waals surface area contributed by atoms with Crippen molar-refractivity contribution in [2.75, 3.05) is 13.1 Å². The van der Waals surface area contributed by atoms with Gasteiger partial charge in [0.1, 0.15) is 5.82 Å². The van der Waals surface area contributed by atoms with Gasteiger partial charge in [-0.3, -0.25) is 9.59 Å².